The SMILES string of the molecule is CCC(=O)Oc1ccccc1.O=C1CC=Cc2ccccc21. The fourth-order valence-corrected chi connectivity index (χ4v) is 1.99. The first kappa shape index (κ1) is 15.7. The van der Waals surface area contributed by atoms with Crippen molar-refractivity contribution in [1.29, 1.82) is 0 Å². The normalized spacial score (nSPS) is 12.0. The second-order valence-corrected chi connectivity index (χ2v) is 4.76. The van der Waals surface area contributed by atoms with E-state index < -0.39 is 0 Å². The molecule has 22 heavy (non-hydrogen) atoms. The van der Waals surface area contributed by atoms with Crippen LogP contribution in [0.1, 0.15) is 35.7 Å². The molecule has 0 spiro atoms. The summed E-state index contributed by atoms with van der Waals surface area (Å²) in [5.41, 5.74) is 1.90. The van der Waals surface area contributed by atoms with Gasteiger partial charge in [-0.25, -0.2) is 0 Å². The Morgan fingerprint density at radius 2 is 1.73 bits per heavy atom. The van der Waals surface area contributed by atoms with Gasteiger partial charge in [-0.1, -0.05) is 61.5 Å². The van der Waals surface area contributed by atoms with Gasteiger partial charge in [0.25, 0.3) is 0 Å². The van der Waals surface area contributed by atoms with E-state index in [1.807, 2.05) is 54.6 Å². The lowest BCUT2D eigenvalue weighted by atomic mass is 9.97. The molecule has 2 aromatic rings. The number of ether oxygens (including phenoxy) is 1. The number of rotatable bonds is 2. The topological polar surface area (TPSA) is 43.4 Å². The maximum Gasteiger partial charge on any atom is 0.310 e. The van der Waals surface area contributed by atoms with Crippen LogP contribution in [0.4, 0.5) is 0 Å². The van der Waals surface area contributed by atoms with E-state index in [2.05, 4.69) is 0 Å². The number of para-hydroxylation sites is 1. The van der Waals surface area contributed by atoms with Crippen molar-refractivity contribution in [3.05, 3.63) is 71.8 Å². The Hall–Kier alpha value is -2.68. The number of esters is 1. The van der Waals surface area contributed by atoms with E-state index in [1.165, 1.54) is 0 Å². The summed E-state index contributed by atoms with van der Waals surface area (Å²) in [7, 11) is 0. The fraction of sp³-hybridized carbons (Fsp3) is 0.158. The molecule has 0 fully saturated rings. The van der Waals surface area contributed by atoms with E-state index in [4.69, 9.17) is 4.74 Å². The van der Waals surface area contributed by atoms with Crippen LogP contribution in [0, 0.1) is 0 Å². The van der Waals surface area contributed by atoms with E-state index in [-0.39, 0.29) is 11.8 Å². The number of hydrogen-bond donors (Lipinski definition) is 0. The summed E-state index contributed by atoms with van der Waals surface area (Å²) in [6.45, 7) is 1.77. The van der Waals surface area contributed by atoms with Crippen molar-refractivity contribution < 1.29 is 14.3 Å². The van der Waals surface area contributed by atoms with Gasteiger partial charge in [0.1, 0.15) is 5.75 Å². The van der Waals surface area contributed by atoms with Crippen LogP contribution < -0.4 is 4.74 Å². The molecule has 0 unspecified atom stereocenters. The lowest BCUT2D eigenvalue weighted by molar-refractivity contribution is -0.134. The number of allylic oxidation sites excluding steroid dienone is 1. The molecule has 0 bridgehead atoms. The highest BCUT2D eigenvalue weighted by atomic mass is 16.5. The molecule has 3 nitrogen and oxygen atoms in total. The molecule has 0 amide bonds. The van der Waals surface area contributed by atoms with Crippen molar-refractivity contribution in [2.45, 2.75) is 19.8 Å². The van der Waals surface area contributed by atoms with Crippen LogP contribution in [0.3, 0.4) is 0 Å². The quantitative estimate of drug-likeness (QED) is 0.613. The highest BCUT2D eigenvalue weighted by Gasteiger charge is 2.10. The minimum absolute atomic E-state index is 0.198. The largest absolute Gasteiger partial charge is 0.427 e. The molecule has 0 aromatic heterocycles. The van der Waals surface area contributed by atoms with Crippen molar-refractivity contribution in [3.63, 3.8) is 0 Å². The van der Waals surface area contributed by atoms with Gasteiger partial charge in [-0.05, 0) is 17.7 Å². The average molecular weight is 294 g/mol. The van der Waals surface area contributed by atoms with Gasteiger partial charge in [0, 0.05) is 18.4 Å². The Labute approximate surface area is 130 Å². The van der Waals surface area contributed by atoms with Gasteiger partial charge in [0.15, 0.2) is 5.78 Å². The Balaban J connectivity index is 0.000000160. The Bertz CT molecular complexity index is 672. The first-order valence-electron chi connectivity index (χ1n) is 7.25. The van der Waals surface area contributed by atoms with E-state index in [0.29, 0.717) is 18.6 Å². The molecular weight excluding hydrogens is 276 g/mol. The monoisotopic (exact) mass is 294 g/mol. The molecule has 0 saturated heterocycles. The summed E-state index contributed by atoms with van der Waals surface area (Å²) in [6, 6.07) is 16.7. The third-order valence-corrected chi connectivity index (χ3v) is 3.13. The van der Waals surface area contributed by atoms with E-state index >= 15 is 0 Å². The van der Waals surface area contributed by atoms with Crippen LogP contribution in [0.2, 0.25) is 0 Å². The number of benzene rings is 2. The van der Waals surface area contributed by atoms with Gasteiger partial charge in [0.05, 0.1) is 0 Å². The number of ketones is 1. The number of fused-ring (bicyclic) bond motifs is 1. The molecule has 3 rings (SSSR count). The average Bonchev–Trinajstić information content (AvgIpc) is 2.57. The third-order valence-electron chi connectivity index (χ3n) is 3.13. The van der Waals surface area contributed by atoms with E-state index in [0.717, 1.165) is 11.1 Å². The standard InChI is InChI=1S/C10H8O.C9H10O2/c11-10-7-3-5-8-4-1-2-6-9(8)10;1-2-9(10)11-8-6-4-3-5-7-8/h1-6H,7H2;3-7H,2H2,1H3. The van der Waals surface area contributed by atoms with Crippen molar-refractivity contribution >= 4 is 17.8 Å². The first-order valence-corrected chi connectivity index (χ1v) is 7.25. The predicted octanol–water partition coefficient (Wildman–Crippen LogP) is 4.29. The zero-order valence-electron chi connectivity index (χ0n) is 12.5. The van der Waals surface area contributed by atoms with Gasteiger partial charge >= 0.3 is 5.97 Å². The van der Waals surface area contributed by atoms with Crippen molar-refractivity contribution in [1.82, 2.24) is 0 Å². The van der Waals surface area contributed by atoms with Crippen LogP contribution in [-0.2, 0) is 4.79 Å². The van der Waals surface area contributed by atoms with Crippen LogP contribution in [0.25, 0.3) is 6.08 Å². The molecule has 112 valence electrons. The van der Waals surface area contributed by atoms with Gasteiger partial charge < -0.3 is 4.74 Å². The third kappa shape index (κ3) is 4.42. The molecule has 0 atom stereocenters. The van der Waals surface area contributed by atoms with Crippen molar-refractivity contribution in [2.24, 2.45) is 0 Å². The molecule has 0 saturated carbocycles. The summed E-state index contributed by atoms with van der Waals surface area (Å²) in [6.07, 6.45) is 4.87. The van der Waals surface area contributed by atoms with Gasteiger partial charge in [-0.2, -0.15) is 0 Å². The number of Topliss-reactive ketones (excluding diaryl/α,β-unsaturated/α-hetero) is 1. The van der Waals surface area contributed by atoms with Crippen molar-refractivity contribution in [3.8, 4) is 5.75 Å². The summed E-state index contributed by atoms with van der Waals surface area (Å²) < 4.78 is 4.92. The molecule has 0 N–H and O–H groups in total. The number of carbonyl (C=O) groups is 2. The Morgan fingerprint density at radius 3 is 2.41 bits per heavy atom. The summed E-state index contributed by atoms with van der Waals surface area (Å²) >= 11 is 0. The molecule has 1 aliphatic rings. The molecule has 0 heterocycles. The second-order valence-electron chi connectivity index (χ2n) is 4.76. The molecule has 3 heteroatoms. The van der Waals surface area contributed by atoms with Crippen LogP contribution >= 0.6 is 0 Å². The molecule has 2 aromatic carbocycles. The van der Waals surface area contributed by atoms with Gasteiger partial charge in [-0.3, -0.25) is 9.59 Å². The maximum atomic E-state index is 11.2. The molecule has 0 radical (unpaired) electrons. The number of carbonyl (C=O) groups excluding carboxylic acids is 2. The van der Waals surface area contributed by atoms with E-state index in [9.17, 15) is 9.59 Å². The number of hydrogen-bond acceptors (Lipinski definition) is 3. The highest BCUT2D eigenvalue weighted by Crippen LogP contribution is 2.17. The minimum Gasteiger partial charge on any atom is -0.427 e. The zero-order valence-corrected chi connectivity index (χ0v) is 12.5. The Kier molecular flexibility index (Phi) is 5.66. The van der Waals surface area contributed by atoms with E-state index in [1.54, 1.807) is 19.1 Å². The lowest BCUT2D eigenvalue weighted by Gasteiger charge is -2.07. The van der Waals surface area contributed by atoms with Crippen LogP contribution in [-0.4, -0.2) is 11.8 Å². The first-order chi connectivity index (χ1) is 10.7. The smallest absolute Gasteiger partial charge is 0.310 e. The minimum atomic E-state index is -0.198. The lowest BCUT2D eigenvalue weighted by Crippen LogP contribution is -2.04. The van der Waals surface area contributed by atoms with Crippen LogP contribution in [0.5, 0.6) is 5.75 Å². The van der Waals surface area contributed by atoms with Crippen molar-refractivity contribution in [2.75, 3.05) is 0 Å². The summed E-state index contributed by atoms with van der Waals surface area (Å²) in [5, 5.41) is 0. The summed E-state index contributed by atoms with van der Waals surface area (Å²) in [4.78, 5) is 22.0. The molecule has 1 aliphatic carbocycles. The second kappa shape index (κ2) is 7.93. The molecule has 0 aliphatic heterocycles. The van der Waals surface area contributed by atoms with Crippen LogP contribution in [0.15, 0.2) is 60.7 Å². The fourth-order valence-electron chi connectivity index (χ4n) is 1.99. The van der Waals surface area contributed by atoms with Gasteiger partial charge in [-0.15, -0.1) is 0 Å². The predicted molar refractivity (Wildman–Crippen MR) is 86.8 cm³/mol. The summed E-state index contributed by atoms with van der Waals surface area (Å²) in [5.74, 6) is 0.638. The highest BCUT2D eigenvalue weighted by molar-refractivity contribution is 6.02. The Morgan fingerprint density at radius 1 is 1.05 bits per heavy atom. The van der Waals surface area contributed by atoms with Gasteiger partial charge in [0.2, 0.25) is 0 Å². The zero-order chi connectivity index (χ0) is 15.8. The molecular formula is C19H18O3. The maximum absolute atomic E-state index is 11.2.